The van der Waals surface area contributed by atoms with E-state index in [1.54, 1.807) is 31.4 Å². The van der Waals surface area contributed by atoms with Crippen molar-refractivity contribution >= 4 is 26.8 Å². The molecule has 2 aromatic carbocycles. The molecule has 2 aliphatic rings. The number of nitrogens with zero attached hydrogens (tertiary/aromatic N) is 2. The molecule has 0 fully saturated rings. The Labute approximate surface area is 167 Å². The first kappa shape index (κ1) is 18.8. The number of carbonyl (C=O) groups is 1. The zero-order valence-electron chi connectivity index (χ0n) is 15.1. The highest BCUT2D eigenvalue weighted by Gasteiger charge is 2.41. The topological polar surface area (TPSA) is 113 Å². The summed E-state index contributed by atoms with van der Waals surface area (Å²) in [6.07, 6.45) is 4.37. The predicted octanol–water partition coefficient (Wildman–Crippen LogP) is 3.09. The summed E-state index contributed by atoms with van der Waals surface area (Å²) in [4.78, 5) is 36.8. The third-order valence-corrected chi connectivity index (χ3v) is 7.49. The molecule has 0 spiro atoms. The molecule has 1 aliphatic heterocycles. The lowest BCUT2D eigenvalue weighted by Gasteiger charge is -2.23. The van der Waals surface area contributed by atoms with E-state index in [2.05, 4.69) is 0 Å². The number of carbonyl (C=O) groups excluding carboxylic acids is 1. The molecule has 2 aromatic rings. The van der Waals surface area contributed by atoms with Crippen molar-refractivity contribution in [2.75, 3.05) is 7.11 Å². The summed E-state index contributed by atoms with van der Waals surface area (Å²) in [5, 5.41) is 22.4. The number of Topliss-reactive ketones (excluding diaryl/α,β-unsaturated/α-hetero) is 1. The van der Waals surface area contributed by atoms with Gasteiger partial charge in [0, 0.05) is 24.3 Å². The second-order valence-electron chi connectivity index (χ2n) is 6.44. The molecule has 2 unspecified atom stereocenters. The van der Waals surface area contributed by atoms with Gasteiger partial charge >= 0.3 is 0 Å². The van der Waals surface area contributed by atoms with Gasteiger partial charge in [0.15, 0.2) is 5.78 Å². The van der Waals surface area contributed by atoms with Crippen LogP contribution in [0.25, 0.3) is 0 Å². The number of benzene rings is 2. The highest BCUT2D eigenvalue weighted by Crippen LogP contribution is 2.36. The van der Waals surface area contributed by atoms with Crippen LogP contribution in [0.5, 0.6) is 5.75 Å². The first-order valence-electron chi connectivity index (χ1n) is 8.58. The minimum absolute atomic E-state index is 0.161. The minimum atomic E-state index is -1.19. The van der Waals surface area contributed by atoms with Crippen LogP contribution in [0, 0.1) is 26.1 Å². The van der Waals surface area contributed by atoms with Gasteiger partial charge in [-0.05, 0) is 36.4 Å². The Morgan fingerprint density at radius 2 is 1.72 bits per heavy atom. The summed E-state index contributed by atoms with van der Waals surface area (Å²) in [6.45, 7) is 0. The lowest BCUT2D eigenvalue weighted by Crippen LogP contribution is -2.33. The van der Waals surface area contributed by atoms with E-state index in [4.69, 9.17) is 4.74 Å². The van der Waals surface area contributed by atoms with Crippen molar-refractivity contribution in [2.45, 2.75) is 9.79 Å². The molecule has 146 valence electrons. The molecule has 0 bridgehead atoms. The van der Waals surface area contributed by atoms with E-state index in [-0.39, 0.29) is 22.7 Å². The van der Waals surface area contributed by atoms with Gasteiger partial charge in [-0.1, -0.05) is 10.5 Å². The number of nitro groups is 2. The number of hydrogen-bond donors (Lipinski definition) is 0. The fourth-order valence-electron chi connectivity index (χ4n) is 3.49. The molecule has 29 heavy (non-hydrogen) atoms. The van der Waals surface area contributed by atoms with Crippen LogP contribution in [-0.2, 0) is 10.5 Å². The third kappa shape index (κ3) is 3.15. The van der Waals surface area contributed by atoms with Gasteiger partial charge < -0.3 is 4.74 Å². The molecular weight excluding hydrogens is 396 g/mol. The molecule has 0 N–H and O–H groups in total. The fraction of sp³-hybridized carbons (Fsp3) is 0.100. The van der Waals surface area contributed by atoms with Crippen LogP contribution in [0.15, 0.2) is 76.2 Å². The molecule has 8 nitrogen and oxygen atoms in total. The van der Waals surface area contributed by atoms with Crippen LogP contribution in [0.3, 0.4) is 0 Å². The van der Waals surface area contributed by atoms with Gasteiger partial charge in [-0.3, -0.25) is 25.0 Å². The maximum absolute atomic E-state index is 13.1. The van der Waals surface area contributed by atoms with Crippen molar-refractivity contribution in [2.24, 2.45) is 5.92 Å². The lowest BCUT2D eigenvalue weighted by atomic mass is 9.90. The van der Waals surface area contributed by atoms with Gasteiger partial charge in [-0.2, -0.15) is 0 Å². The Balaban J connectivity index is 1.98. The molecule has 0 saturated carbocycles. The summed E-state index contributed by atoms with van der Waals surface area (Å²) >= 11 is 0. The van der Waals surface area contributed by atoms with Crippen LogP contribution in [0.2, 0.25) is 0 Å². The molecule has 1 heterocycles. The Morgan fingerprint density at radius 3 is 2.34 bits per heavy atom. The number of rotatable bonds is 4. The molecule has 0 radical (unpaired) electrons. The van der Waals surface area contributed by atoms with Crippen LogP contribution in [-0.4, -0.2) is 27.6 Å². The van der Waals surface area contributed by atoms with Crippen LogP contribution in [0.1, 0.15) is 10.4 Å². The number of non-ortho nitro benzene ring substituents is 1. The van der Waals surface area contributed by atoms with Crippen molar-refractivity contribution < 1.29 is 19.4 Å². The summed E-state index contributed by atoms with van der Waals surface area (Å²) in [5.74, 6) is -0.505. The summed E-state index contributed by atoms with van der Waals surface area (Å²) < 4.78 is 5.21. The summed E-state index contributed by atoms with van der Waals surface area (Å²) in [6, 6.07) is 11.7. The maximum Gasteiger partial charge on any atom is 0.270 e. The Hall–Kier alpha value is -3.59. The van der Waals surface area contributed by atoms with Gasteiger partial charge in [0.1, 0.15) is 26.3 Å². The number of ether oxygens (including phenoxy) is 1. The number of hydrogen-bond acceptors (Lipinski definition) is 6. The molecule has 0 aromatic heterocycles. The summed E-state index contributed by atoms with van der Waals surface area (Å²) in [7, 11) is 0.372. The second kappa shape index (κ2) is 7.10. The maximum atomic E-state index is 13.1. The lowest BCUT2D eigenvalue weighted by molar-refractivity contribution is -0.419. The summed E-state index contributed by atoms with van der Waals surface area (Å²) in [5.41, 5.74) is -0.107. The van der Waals surface area contributed by atoms with Crippen LogP contribution < -0.4 is 4.74 Å². The number of allylic oxidation sites excluding steroid dienone is 3. The standard InChI is InChI=1S/C20H14N2O6S/c1-28-14-4-6-15(7-5-14)29-18-8-2-12(21(24)25)10-16(18)20(23)17-11-13(22(26)27)3-9-19(17)29/h2-11,16H,1H3/p+1. The number of thiol groups is 1. The highest BCUT2D eigenvalue weighted by atomic mass is 32.2. The monoisotopic (exact) mass is 411 g/mol. The fourth-order valence-corrected chi connectivity index (χ4v) is 6.12. The van der Waals surface area contributed by atoms with Gasteiger partial charge in [0.2, 0.25) is 0 Å². The first-order chi connectivity index (χ1) is 13.9. The van der Waals surface area contributed by atoms with Crippen molar-refractivity contribution in [3.05, 3.63) is 92.2 Å². The van der Waals surface area contributed by atoms with Gasteiger partial charge in [0.25, 0.3) is 11.4 Å². The molecule has 1 aliphatic carbocycles. The number of nitro benzene ring substituents is 1. The van der Waals surface area contributed by atoms with Gasteiger partial charge in [0.05, 0.1) is 22.5 Å². The second-order valence-corrected chi connectivity index (χ2v) is 8.63. The van der Waals surface area contributed by atoms with Crippen LogP contribution in [0.4, 0.5) is 5.69 Å². The molecule has 4 rings (SSSR count). The SMILES string of the molecule is COc1ccc([SH+]2=C3C=CC([N+](=O)[O-])=CC3C(=O)c3cc([N+](=O)[O-])ccc32)cc1. The van der Waals surface area contributed by atoms with Crippen molar-refractivity contribution in [1.29, 1.82) is 0 Å². The van der Waals surface area contributed by atoms with E-state index < -0.39 is 26.2 Å². The quantitative estimate of drug-likeness (QED) is 0.251. The minimum Gasteiger partial charge on any atom is -0.497 e. The van der Waals surface area contributed by atoms with E-state index >= 15 is 0 Å². The van der Waals surface area contributed by atoms with Crippen molar-refractivity contribution in [3.8, 4) is 5.75 Å². The highest BCUT2D eigenvalue weighted by molar-refractivity contribution is 7.97. The zero-order valence-corrected chi connectivity index (χ0v) is 16.0. The first-order valence-corrected chi connectivity index (χ1v) is 9.93. The van der Waals surface area contributed by atoms with E-state index in [0.717, 1.165) is 9.76 Å². The van der Waals surface area contributed by atoms with Crippen molar-refractivity contribution in [1.82, 2.24) is 0 Å². The largest absolute Gasteiger partial charge is 0.497 e. The Bertz CT molecular complexity index is 1160. The molecule has 2 atom stereocenters. The molecule has 0 amide bonds. The number of methoxy groups -OCH3 is 1. The third-order valence-electron chi connectivity index (χ3n) is 4.86. The van der Waals surface area contributed by atoms with E-state index in [9.17, 15) is 25.0 Å². The molecule has 0 saturated heterocycles. The predicted molar refractivity (Wildman–Crippen MR) is 108 cm³/mol. The van der Waals surface area contributed by atoms with E-state index in [1.165, 1.54) is 24.3 Å². The average Bonchev–Trinajstić information content (AvgIpc) is 2.73. The molecule has 9 heteroatoms. The Kier molecular flexibility index (Phi) is 4.59. The smallest absolute Gasteiger partial charge is 0.270 e. The van der Waals surface area contributed by atoms with E-state index in [0.29, 0.717) is 10.6 Å². The molecular formula is C20H15N2O6S+. The number of fused-ring (bicyclic) bond motifs is 2. The number of ketones is 1. The average molecular weight is 411 g/mol. The van der Waals surface area contributed by atoms with Crippen LogP contribution >= 0.6 is 0 Å². The van der Waals surface area contributed by atoms with Gasteiger partial charge in [-0.15, -0.1) is 0 Å². The Morgan fingerprint density at radius 1 is 1.00 bits per heavy atom. The van der Waals surface area contributed by atoms with Crippen molar-refractivity contribution in [3.63, 3.8) is 0 Å². The normalized spacial score (nSPS) is 19.8. The zero-order chi connectivity index (χ0) is 20.7. The van der Waals surface area contributed by atoms with Gasteiger partial charge in [-0.25, -0.2) is 0 Å². The van der Waals surface area contributed by atoms with E-state index in [1.807, 2.05) is 12.1 Å².